The van der Waals surface area contributed by atoms with Gasteiger partial charge in [0.15, 0.2) is 0 Å². The summed E-state index contributed by atoms with van der Waals surface area (Å²) in [4.78, 5) is 34.7. The van der Waals surface area contributed by atoms with Gasteiger partial charge in [0.25, 0.3) is 0 Å². The zero-order valence-corrected chi connectivity index (χ0v) is 28.1. The molecule has 11 nitrogen and oxygen atoms in total. The maximum absolute atomic E-state index is 14.8. The van der Waals surface area contributed by atoms with Crippen molar-refractivity contribution in [2.75, 3.05) is 54.2 Å². The number of aryl methyl sites for hydroxylation is 1. The van der Waals surface area contributed by atoms with Gasteiger partial charge in [-0.15, -0.1) is 0 Å². The summed E-state index contributed by atoms with van der Waals surface area (Å²) >= 11 is 0. The molecule has 1 saturated carbocycles. The highest BCUT2D eigenvalue weighted by atomic mass is 16.5. The fraction of sp³-hybridized carbons (Fsp3) is 0.486. The predicted octanol–water partition coefficient (Wildman–Crippen LogP) is 5.30. The molecule has 2 aromatic carbocycles. The molecule has 0 spiro atoms. The third-order valence-corrected chi connectivity index (χ3v) is 9.12. The highest BCUT2D eigenvalue weighted by Gasteiger charge is 2.52. The number of methoxy groups -OCH3 is 3. The van der Waals surface area contributed by atoms with Gasteiger partial charge in [-0.1, -0.05) is 36.4 Å². The second kappa shape index (κ2) is 16.8. The smallest absolute Gasteiger partial charge is 0.407 e. The van der Waals surface area contributed by atoms with Crippen molar-refractivity contribution in [3.8, 4) is 11.6 Å². The van der Waals surface area contributed by atoms with Crippen LogP contribution in [0.15, 0.2) is 66.9 Å². The van der Waals surface area contributed by atoms with Crippen LogP contribution in [0.3, 0.4) is 0 Å². The highest BCUT2D eigenvalue weighted by molar-refractivity contribution is 5.82. The van der Waals surface area contributed by atoms with Gasteiger partial charge >= 0.3 is 6.09 Å². The van der Waals surface area contributed by atoms with Crippen LogP contribution in [-0.4, -0.2) is 92.2 Å². The van der Waals surface area contributed by atoms with E-state index in [0.717, 1.165) is 53.7 Å². The number of aromatic nitrogens is 1. The maximum Gasteiger partial charge on any atom is 0.407 e. The average molecular weight is 662 g/mol. The first-order valence-electron chi connectivity index (χ1n) is 16.6. The van der Waals surface area contributed by atoms with E-state index in [1.165, 1.54) is 4.90 Å². The summed E-state index contributed by atoms with van der Waals surface area (Å²) in [7, 11) is 4.92. The van der Waals surface area contributed by atoms with E-state index in [-0.39, 0.29) is 25.0 Å². The van der Waals surface area contributed by atoms with Crippen molar-refractivity contribution < 1.29 is 38.4 Å². The van der Waals surface area contributed by atoms with Crippen molar-refractivity contribution in [3.63, 3.8) is 0 Å². The molecule has 48 heavy (non-hydrogen) atoms. The summed E-state index contributed by atoms with van der Waals surface area (Å²) in [6, 6.07) is 19.7. The molecule has 2 atom stereocenters. The van der Waals surface area contributed by atoms with Crippen LogP contribution in [0.5, 0.6) is 11.6 Å². The molecule has 5 rings (SSSR count). The Morgan fingerprint density at radius 3 is 2.42 bits per heavy atom. The lowest BCUT2D eigenvalue weighted by Crippen LogP contribution is -2.58. The Balaban J connectivity index is 1.44. The van der Waals surface area contributed by atoms with Crippen LogP contribution in [0.25, 0.3) is 0 Å². The Kier molecular flexibility index (Phi) is 12.3. The number of piperidine rings is 1. The van der Waals surface area contributed by atoms with E-state index < -0.39 is 17.6 Å². The van der Waals surface area contributed by atoms with Gasteiger partial charge in [-0.05, 0) is 72.6 Å². The van der Waals surface area contributed by atoms with Gasteiger partial charge in [-0.25, -0.2) is 9.78 Å². The number of rotatable bonds is 17. The number of benzene rings is 2. The van der Waals surface area contributed by atoms with Crippen molar-refractivity contribution in [1.82, 2.24) is 14.8 Å². The van der Waals surface area contributed by atoms with Crippen molar-refractivity contribution in [2.45, 2.75) is 56.9 Å². The number of likely N-dealkylation sites (tertiary alicyclic amines) is 1. The van der Waals surface area contributed by atoms with Gasteiger partial charge in [0, 0.05) is 65.9 Å². The van der Waals surface area contributed by atoms with Crippen LogP contribution in [0.2, 0.25) is 0 Å². The van der Waals surface area contributed by atoms with Crippen molar-refractivity contribution in [3.05, 3.63) is 89.1 Å². The second-order valence-electron chi connectivity index (χ2n) is 12.4. The topological polar surface area (TPSA) is 120 Å². The molecule has 2 heterocycles. The first-order chi connectivity index (χ1) is 23.4. The number of ether oxygens (including phenoxy) is 5. The van der Waals surface area contributed by atoms with Crippen LogP contribution >= 0.6 is 0 Å². The molecule has 3 aromatic rings. The van der Waals surface area contributed by atoms with E-state index >= 15 is 0 Å². The number of pyridine rings is 1. The average Bonchev–Trinajstić information content (AvgIpc) is 3.95. The molecule has 1 N–H and O–H groups in total. The lowest BCUT2D eigenvalue weighted by atomic mass is 9.75. The molecular weight excluding hydrogens is 614 g/mol. The van der Waals surface area contributed by atoms with E-state index in [9.17, 15) is 14.7 Å². The number of nitrogens with zero attached hydrogens (tertiary/aromatic N) is 3. The molecule has 11 heteroatoms. The van der Waals surface area contributed by atoms with Crippen molar-refractivity contribution in [1.29, 1.82) is 0 Å². The molecular formula is C37H47N3O8. The number of hydrogen-bond donors (Lipinski definition) is 1. The molecule has 2 amide bonds. The largest absolute Gasteiger partial charge is 0.491 e. The van der Waals surface area contributed by atoms with Gasteiger partial charge in [0.2, 0.25) is 11.8 Å². The Hall–Kier alpha value is -4.19. The number of hydrogen-bond acceptors (Lipinski definition) is 8. The van der Waals surface area contributed by atoms with E-state index in [4.69, 9.17) is 23.7 Å². The number of carbonyl (C=O) groups excluding carboxylic acids is 1. The summed E-state index contributed by atoms with van der Waals surface area (Å²) in [5.41, 5.74) is 2.70. The van der Waals surface area contributed by atoms with E-state index in [2.05, 4.69) is 11.1 Å². The third-order valence-electron chi connectivity index (χ3n) is 9.12. The molecule has 0 unspecified atom stereocenters. The molecule has 2 aliphatic rings. The molecule has 1 saturated heterocycles. The van der Waals surface area contributed by atoms with E-state index in [1.807, 2.05) is 59.5 Å². The summed E-state index contributed by atoms with van der Waals surface area (Å²) < 4.78 is 28.8. The first-order valence-corrected chi connectivity index (χ1v) is 16.6. The van der Waals surface area contributed by atoms with Gasteiger partial charge in [0.05, 0.1) is 12.5 Å². The first kappa shape index (κ1) is 35.1. The zero-order valence-electron chi connectivity index (χ0n) is 28.1. The Labute approximate surface area is 282 Å². The summed E-state index contributed by atoms with van der Waals surface area (Å²) in [5, 5.41) is 10.0. The summed E-state index contributed by atoms with van der Waals surface area (Å²) in [6.07, 6.45) is 4.34. The van der Waals surface area contributed by atoms with Crippen LogP contribution < -0.4 is 9.47 Å². The number of carbonyl (C=O) groups is 2. The fourth-order valence-electron chi connectivity index (χ4n) is 6.46. The van der Waals surface area contributed by atoms with Crippen LogP contribution in [-0.2, 0) is 44.2 Å². The Morgan fingerprint density at radius 1 is 0.938 bits per heavy atom. The molecule has 0 radical (unpaired) electrons. The molecule has 0 bridgehead atoms. The number of carboxylic acid groups (broad SMARTS) is 1. The van der Waals surface area contributed by atoms with Gasteiger partial charge in [0.1, 0.15) is 24.6 Å². The highest BCUT2D eigenvalue weighted by Crippen LogP contribution is 2.44. The van der Waals surface area contributed by atoms with Crippen molar-refractivity contribution >= 4 is 12.0 Å². The molecule has 2 fully saturated rings. The monoisotopic (exact) mass is 661 g/mol. The lowest BCUT2D eigenvalue weighted by Gasteiger charge is -2.47. The molecule has 1 aromatic heterocycles. The molecule has 1 aliphatic carbocycles. The summed E-state index contributed by atoms with van der Waals surface area (Å²) in [5.74, 6) is 0.200. The van der Waals surface area contributed by atoms with Gasteiger partial charge in [-0.2, -0.15) is 0 Å². The second-order valence-corrected chi connectivity index (χ2v) is 12.4. The van der Waals surface area contributed by atoms with Crippen LogP contribution in [0, 0.1) is 5.92 Å². The SMILES string of the molecule is COCCCc1cc(CN(C(=O)[C@H]2CN(C(=O)O)CC[C@]2(OC)c2ccnc(OCc3ccccc3)c2)C2CC2)cc(OCCOC)c1. The van der Waals surface area contributed by atoms with Crippen molar-refractivity contribution in [2.24, 2.45) is 5.92 Å². The van der Waals surface area contributed by atoms with Gasteiger partial charge < -0.3 is 38.6 Å². The van der Waals surface area contributed by atoms with Crippen LogP contribution in [0.4, 0.5) is 4.79 Å². The quantitative estimate of drug-likeness (QED) is 0.192. The minimum absolute atomic E-state index is 0.0101. The summed E-state index contributed by atoms with van der Waals surface area (Å²) in [6.45, 7) is 2.46. The Morgan fingerprint density at radius 2 is 1.71 bits per heavy atom. The predicted molar refractivity (Wildman–Crippen MR) is 179 cm³/mol. The standard InChI is InChI=1S/C37H47N3O8/c1-44-17-7-10-28-20-29(22-32(21-28)47-19-18-45-2)24-40(31-11-12-31)35(41)33-25-39(36(42)43)16-14-37(33,46-3)30-13-15-38-34(23-30)48-26-27-8-5-4-6-9-27/h4-6,8-9,13,15,20-23,31,33H,7,10-12,14,16-19,24-26H2,1-3H3,(H,42,43)/t33-,37+/m1/s1. The minimum Gasteiger partial charge on any atom is -0.491 e. The fourth-order valence-corrected chi connectivity index (χ4v) is 6.46. The van der Waals surface area contributed by atoms with Crippen LogP contribution in [0.1, 0.15) is 47.9 Å². The normalized spacial score (nSPS) is 19.1. The molecule has 1 aliphatic heterocycles. The van der Waals surface area contributed by atoms with E-state index in [0.29, 0.717) is 45.3 Å². The zero-order chi connectivity index (χ0) is 33.9. The lowest BCUT2D eigenvalue weighted by molar-refractivity contribution is -0.159. The minimum atomic E-state index is -1.08. The van der Waals surface area contributed by atoms with Gasteiger partial charge in [-0.3, -0.25) is 4.79 Å². The Bertz CT molecular complexity index is 1470. The number of amides is 2. The maximum atomic E-state index is 14.8. The third kappa shape index (κ3) is 8.83. The molecule has 258 valence electrons. The van der Waals surface area contributed by atoms with E-state index in [1.54, 1.807) is 27.5 Å².